The molecule has 0 aliphatic carbocycles. The Morgan fingerprint density at radius 2 is 1.87 bits per heavy atom. The molecule has 1 N–H and O–H groups in total. The molecule has 1 aromatic rings. The smallest absolute Gasteiger partial charge is 0.412 e. The predicted octanol–water partition coefficient (Wildman–Crippen LogP) is 2.58. The van der Waals surface area contributed by atoms with Crippen LogP contribution in [-0.4, -0.2) is 48.2 Å². The number of ether oxygens (including phenoxy) is 3. The van der Waals surface area contributed by atoms with Crippen LogP contribution >= 0.6 is 0 Å². The zero-order valence-electron chi connectivity index (χ0n) is 14.4. The average molecular weight is 323 g/mol. The third-order valence-electron chi connectivity index (χ3n) is 4.81. The first-order valence-electron chi connectivity index (χ1n) is 7.73. The minimum Gasteiger partial charge on any atom is -0.493 e. The summed E-state index contributed by atoms with van der Waals surface area (Å²) in [6.45, 7) is 5.62. The van der Waals surface area contributed by atoms with Crippen LogP contribution in [0.25, 0.3) is 0 Å². The topological polar surface area (TPSA) is 68.2 Å². The highest BCUT2D eigenvalue weighted by Gasteiger charge is 2.57. The van der Waals surface area contributed by atoms with E-state index in [1.165, 1.54) is 4.90 Å². The summed E-state index contributed by atoms with van der Waals surface area (Å²) >= 11 is 0. The van der Waals surface area contributed by atoms with Gasteiger partial charge in [0.05, 0.1) is 14.2 Å². The average Bonchev–Trinajstić information content (AvgIpc) is 2.70. The van der Waals surface area contributed by atoms with Gasteiger partial charge in [0.2, 0.25) is 0 Å². The lowest BCUT2D eigenvalue weighted by Gasteiger charge is -2.36. The Morgan fingerprint density at radius 1 is 1.22 bits per heavy atom. The largest absolute Gasteiger partial charge is 0.493 e. The Balaban J connectivity index is 2.13. The first-order chi connectivity index (χ1) is 10.8. The fraction of sp³-hybridized carbons (Fsp3) is 0.588. The number of amides is 1. The number of aliphatic hydroxyl groups is 1. The number of cyclic esters (lactones) is 1. The molecule has 0 aromatic heterocycles. The van der Waals surface area contributed by atoms with Gasteiger partial charge in [-0.25, -0.2) is 4.79 Å². The van der Waals surface area contributed by atoms with Crippen LogP contribution in [0.4, 0.5) is 4.79 Å². The second-order valence-corrected chi connectivity index (χ2v) is 6.06. The molecule has 2 atom stereocenters. The lowest BCUT2D eigenvalue weighted by atomic mass is 9.90. The molecule has 1 aromatic carbocycles. The van der Waals surface area contributed by atoms with Gasteiger partial charge in [-0.1, -0.05) is 13.0 Å². The summed E-state index contributed by atoms with van der Waals surface area (Å²) in [6.07, 6.45) is 0.629. The van der Waals surface area contributed by atoms with Crippen LogP contribution in [-0.2, 0) is 11.2 Å². The molecule has 0 saturated carbocycles. The Bertz CT molecular complexity index is 586. The maximum absolute atomic E-state index is 12.1. The minimum atomic E-state index is -1.34. The molecule has 6 nitrogen and oxygen atoms in total. The normalized spacial score (nSPS) is 27.0. The molecule has 23 heavy (non-hydrogen) atoms. The number of carbonyl (C=O) groups excluding carboxylic acids is 1. The van der Waals surface area contributed by atoms with Gasteiger partial charge in [0.1, 0.15) is 0 Å². The van der Waals surface area contributed by atoms with Crippen molar-refractivity contribution in [3.8, 4) is 11.5 Å². The summed E-state index contributed by atoms with van der Waals surface area (Å²) in [5.74, 6) is 1.29. The monoisotopic (exact) mass is 323 g/mol. The van der Waals surface area contributed by atoms with Crippen molar-refractivity contribution < 1.29 is 24.1 Å². The van der Waals surface area contributed by atoms with Gasteiger partial charge in [-0.3, -0.25) is 4.90 Å². The first-order valence-corrected chi connectivity index (χ1v) is 7.73. The van der Waals surface area contributed by atoms with Crippen LogP contribution in [0.15, 0.2) is 18.2 Å². The summed E-state index contributed by atoms with van der Waals surface area (Å²) in [6, 6.07) is 5.61. The van der Waals surface area contributed by atoms with Crippen LogP contribution in [0.5, 0.6) is 11.5 Å². The summed E-state index contributed by atoms with van der Waals surface area (Å²) in [4.78, 5) is 13.5. The highest BCUT2D eigenvalue weighted by Crippen LogP contribution is 2.39. The van der Waals surface area contributed by atoms with Crippen molar-refractivity contribution in [3.05, 3.63) is 23.8 Å². The molecule has 2 rings (SSSR count). The van der Waals surface area contributed by atoms with Crippen molar-refractivity contribution in [2.24, 2.45) is 0 Å². The van der Waals surface area contributed by atoms with Gasteiger partial charge in [0.25, 0.3) is 0 Å². The van der Waals surface area contributed by atoms with Crippen molar-refractivity contribution in [3.63, 3.8) is 0 Å². The molecule has 1 heterocycles. The van der Waals surface area contributed by atoms with Crippen LogP contribution < -0.4 is 9.47 Å². The first kappa shape index (κ1) is 17.4. The molecular weight excluding hydrogens is 298 g/mol. The summed E-state index contributed by atoms with van der Waals surface area (Å²) in [5, 5.41) is 10.7. The SMILES string of the molecule is CC[C@]1(C)OC(=O)N(CCc2ccc(OC)c(OC)c2)[C@@]1(C)O. The highest BCUT2D eigenvalue weighted by atomic mass is 16.6. The number of hydrogen-bond acceptors (Lipinski definition) is 5. The van der Waals surface area contributed by atoms with E-state index in [1.54, 1.807) is 28.1 Å². The van der Waals surface area contributed by atoms with Gasteiger partial charge < -0.3 is 19.3 Å². The third-order valence-corrected chi connectivity index (χ3v) is 4.81. The Morgan fingerprint density at radius 3 is 2.39 bits per heavy atom. The van der Waals surface area contributed by atoms with Crippen molar-refractivity contribution in [2.45, 2.75) is 44.9 Å². The lowest BCUT2D eigenvalue weighted by Crippen LogP contribution is -2.55. The summed E-state index contributed by atoms with van der Waals surface area (Å²) in [5.41, 5.74) is -1.26. The second-order valence-electron chi connectivity index (χ2n) is 6.06. The maximum atomic E-state index is 12.1. The maximum Gasteiger partial charge on any atom is 0.412 e. The Hall–Kier alpha value is -1.95. The zero-order valence-corrected chi connectivity index (χ0v) is 14.4. The van der Waals surface area contributed by atoms with E-state index < -0.39 is 17.4 Å². The number of carbonyl (C=O) groups is 1. The Kier molecular flexibility index (Phi) is 4.75. The molecule has 0 radical (unpaired) electrons. The second kappa shape index (κ2) is 6.28. The van der Waals surface area contributed by atoms with E-state index in [2.05, 4.69) is 0 Å². The van der Waals surface area contributed by atoms with Gasteiger partial charge >= 0.3 is 6.09 Å². The van der Waals surface area contributed by atoms with Crippen LogP contribution in [0, 0.1) is 0 Å². The molecule has 1 fully saturated rings. The van der Waals surface area contributed by atoms with E-state index in [9.17, 15) is 9.90 Å². The molecule has 0 spiro atoms. The van der Waals surface area contributed by atoms with Gasteiger partial charge in [0, 0.05) is 6.54 Å². The van der Waals surface area contributed by atoms with E-state index >= 15 is 0 Å². The van der Waals surface area contributed by atoms with Crippen LogP contribution in [0.1, 0.15) is 32.8 Å². The fourth-order valence-corrected chi connectivity index (χ4v) is 2.80. The quantitative estimate of drug-likeness (QED) is 0.871. The minimum absolute atomic E-state index is 0.358. The van der Waals surface area contributed by atoms with Crippen molar-refractivity contribution in [1.29, 1.82) is 0 Å². The molecule has 1 saturated heterocycles. The van der Waals surface area contributed by atoms with Crippen molar-refractivity contribution >= 4 is 6.09 Å². The van der Waals surface area contributed by atoms with E-state index in [4.69, 9.17) is 14.2 Å². The highest BCUT2D eigenvalue weighted by molar-refractivity contribution is 5.72. The standard InChI is InChI=1S/C17H25NO5/c1-6-16(2)17(3,20)18(15(19)23-16)10-9-12-7-8-13(21-4)14(11-12)22-5/h7-8,11,20H,6,9-10H2,1-5H3/t16-,17-/m0/s1. The van der Waals surface area contributed by atoms with E-state index in [0.29, 0.717) is 30.9 Å². The molecule has 128 valence electrons. The Labute approximate surface area is 136 Å². The molecule has 0 unspecified atom stereocenters. The summed E-state index contributed by atoms with van der Waals surface area (Å²) < 4.78 is 15.9. The van der Waals surface area contributed by atoms with Gasteiger partial charge in [-0.05, 0) is 44.4 Å². The number of nitrogens with zero attached hydrogens (tertiary/aromatic N) is 1. The molecule has 1 aliphatic heterocycles. The molecular formula is C17H25NO5. The van der Waals surface area contributed by atoms with Gasteiger partial charge in [-0.15, -0.1) is 0 Å². The van der Waals surface area contributed by atoms with Crippen LogP contribution in [0.2, 0.25) is 0 Å². The number of benzene rings is 1. The predicted molar refractivity (Wildman–Crippen MR) is 85.8 cm³/mol. The molecule has 0 bridgehead atoms. The molecule has 6 heteroatoms. The third kappa shape index (κ3) is 2.95. The van der Waals surface area contributed by atoms with E-state index in [1.807, 2.05) is 25.1 Å². The lowest BCUT2D eigenvalue weighted by molar-refractivity contribution is -0.137. The fourth-order valence-electron chi connectivity index (χ4n) is 2.80. The molecule has 1 aliphatic rings. The van der Waals surface area contributed by atoms with Gasteiger partial charge in [-0.2, -0.15) is 0 Å². The van der Waals surface area contributed by atoms with Crippen molar-refractivity contribution in [2.75, 3.05) is 20.8 Å². The number of methoxy groups -OCH3 is 2. The zero-order chi connectivity index (χ0) is 17.3. The van der Waals surface area contributed by atoms with Crippen molar-refractivity contribution in [1.82, 2.24) is 4.90 Å². The van der Waals surface area contributed by atoms with Crippen LogP contribution in [0.3, 0.4) is 0 Å². The van der Waals surface area contributed by atoms with E-state index in [-0.39, 0.29) is 0 Å². The summed E-state index contributed by atoms with van der Waals surface area (Å²) in [7, 11) is 3.16. The number of hydrogen-bond donors (Lipinski definition) is 1. The molecule has 1 amide bonds. The van der Waals surface area contributed by atoms with E-state index in [0.717, 1.165) is 5.56 Å². The van der Waals surface area contributed by atoms with Gasteiger partial charge in [0.15, 0.2) is 22.8 Å². The number of rotatable bonds is 6.